The van der Waals surface area contributed by atoms with Gasteiger partial charge in [-0.3, -0.25) is 0 Å². The van der Waals surface area contributed by atoms with E-state index in [9.17, 15) is 8.42 Å². The van der Waals surface area contributed by atoms with Gasteiger partial charge in [0.25, 0.3) is 10.0 Å². The minimum Gasteiger partial charge on any atom is -0.497 e. The average molecular weight is 371 g/mol. The molecule has 2 rings (SSSR count). The maximum atomic E-state index is 12.1. The maximum Gasteiger partial charge on any atom is 0.293 e. The van der Waals surface area contributed by atoms with Crippen molar-refractivity contribution in [2.24, 2.45) is 4.40 Å². The molecule has 23 heavy (non-hydrogen) atoms. The second kappa shape index (κ2) is 7.85. The molecule has 0 fully saturated rings. The van der Waals surface area contributed by atoms with Crippen LogP contribution in [0.1, 0.15) is 5.56 Å². The molecule has 124 valence electrons. The highest BCUT2D eigenvalue weighted by Gasteiger charge is 2.15. The zero-order valence-corrected chi connectivity index (χ0v) is 15.5. The Balaban J connectivity index is 2.01. The lowest BCUT2D eigenvalue weighted by Gasteiger charge is -2.02. The Morgan fingerprint density at radius 1 is 1.22 bits per heavy atom. The second-order valence-corrected chi connectivity index (χ2v) is 9.09. The molecule has 0 aliphatic heterocycles. The third-order valence-electron chi connectivity index (χ3n) is 2.77. The van der Waals surface area contributed by atoms with Crippen LogP contribution in [0.15, 0.2) is 49.2 Å². The molecule has 0 spiro atoms. The van der Waals surface area contributed by atoms with Crippen LogP contribution in [0.4, 0.5) is 0 Å². The van der Waals surface area contributed by atoms with Gasteiger partial charge < -0.3 is 9.64 Å². The van der Waals surface area contributed by atoms with Gasteiger partial charge in [-0.15, -0.1) is 27.5 Å². The van der Waals surface area contributed by atoms with E-state index in [2.05, 4.69) is 4.40 Å². The van der Waals surface area contributed by atoms with Crippen molar-refractivity contribution in [3.63, 3.8) is 0 Å². The molecule has 0 radical (unpaired) electrons. The number of benzene rings is 1. The lowest BCUT2D eigenvalue weighted by atomic mass is 10.2. The lowest BCUT2D eigenvalue weighted by molar-refractivity contribution is 0.414. The van der Waals surface area contributed by atoms with Gasteiger partial charge in [0, 0.05) is 19.8 Å². The molecule has 0 unspecified atom stereocenters. The normalized spacial score (nSPS) is 11.8. The molecule has 8 heteroatoms. The Morgan fingerprint density at radius 3 is 2.52 bits per heavy atom. The van der Waals surface area contributed by atoms with E-state index in [1.807, 2.05) is 30.3 Å². The Hall–Kier alpha value is -1.51. The Labute approximate surface area is 145 Å². The number of hydrogen-bond acceptors (Lipinski definition) is 5. The fourth-order valence-electron chi connectivity index (χ4n) is 1.60. The number of thioether (sulfide) groups is 1. The standard InChI is InChI=1S/C15H18N2O3S3/c1-17(2)11-16-23(18,19)15-9-8-14(22-15)21-10-12-4-6-13(20-3)7-5-12/h4-9,11H,10H2,1-3H3/b16-11+. The molecule has 0 bridgehead atoms. The summed E-state index contributed by atoms with van der Waals surface area (Å²) in [5.41, 5.74) is 1.15. The molecule has 0 atom stereocenters. The molecular formula is C15H18N2O3S3. The fourth-order valence-corrected chi connectivity index (χ4v) is 5.06. The van der Waals surface area contributed by atoms with Gasteiger partial charge in [-0.25, -0.2) is 0 Å². The van der Waals surface area contributed by atoms with Crippen molar-refractivity contribution in [2.45, 2.75) is 14.2 Å². The summed E-state index contributed by atoms with van der Waals surface area (Å²) < 4.78 is 34.1. The van der Waals surface area contributed by atoms with E-state index in [0.29, 0.717) is 0 Å². The maximum absolute atomic E-state index is 12.1. The van der Waals surface area contributed by atoms with E-state index in [1.165, 1.54) is 17.7 Å². The van der Waals surface area contributed by atoms with Crippen molar-refractivity contribution in [3.8, 4) is 5.75 Å². The third-order valence-corrected chi connectivity index (χ3v) is 6.84. The SMILES string of the molecule is COc1ccc(CSc2ccc(S(=O)(=O)/N=C/N(C)C)s2)cc1. The van der Waals surface area contributed by atoms with Crippen LogP contribution in [-0.2, 0) is 15.8 Å². The molecular weight excluding hydrogens is 352 g/mol. The van der Waals surface area contributed by atoms with Gasteiger partial charge >= 0.3 is 0 Å². The summed E-state index contributed by atoms with van der Waals surface area (Å²) in [6.07, 6.45) is 1.29. The van der Waals surface area contributed by atoms with Gasteiger partial charge in [0.05, 0.1) is 11.3 Å². The number of nitrogens with zero attached hydrogens (tertiary/aromatic N) is 2. The highest BCUT2D eigenvalue weighted by molar-refractivity contribution is 8.01. The topological polar surface area (TPSA) is 59.0 Å². The summed E-state index contributed by atoms with van der Waals surface area (Å²) in [4.78, 5) is 1.59. The number of thiophene rings is 1. The Bertz CT molecular complexity index is 766. The highest BCUT2D eigenvalue weighted by atomic mass is 32.3. The number of rotatable bonds is 7. The minimum absolute atomic E-state index is 0.257. The first-order valence-corrected chi connectivity index (χ1v) is 9.97. The summed E-state index contributed by atoms with van der Waals surface area (Å²) in [5, 5.41) is 0. The van der Waals surface area contributed by atoms with Crippen molar-refractivity contribution < 1.29 is 13.2 Å². The molecule has 0 N–H and O–H groups in total. The van der Waals surface area contributed by atoms with Gasteiger partial charge in [-0.1, -0.05) is 12.1 Å². The summed E-state index contributed by atoms with van der Waals surface area (Å²) in [6.45, 7) is 0. The average Bonchev–Trinajstić information content (AvgIpc) is 3.01. The first-order valence-electron chi connectivity index (χ1n) is 6.73. The zero-order valence-electron chi connectivity index (χ0n) is 13.1. The number of ether oxygens (including phenoxy) is 1. The Morgan fingerprint density at radius 2 is 1.91 bits per heavy atom. The molecule has 0 saturated carbocycles. The molecule has 0 aliphatic carbocycles. The van der Waals surface area contributed by atoms with Crippen molar-refractivity contribution in [1.29, 1.82) is 0 Å². The summed E-state index contributed by atoms with van der Waals surface area (Å²) in [6, 6.07) is 11.2. The predicted molar refractivity (Wildman–Crippen MR) is 96.2 cm³/mol. The van der Waals surface area contributed by atoms with Crippen molar-refractivity contribution in [2.75, 3.05) is 21.2 Å². The monoisotopic (exact) mass is 370 g/mol. The van der Waals surface area contributed by atoms with Crippen LogP contribution < -0.4 is 4.74 Å². The van der Waals surface area contributed by atoms with Crippen LogP contribution in [0.25, 0.3) is 0 Å². The molecule has 0 saturated heterocycles. The highest BCUT2D eigenvalue weighted by Crippen LogP contribution is 2.33. The summed E-state index contributed by atoms with van der Waals surface area (Å²) in [5.74, 6) is 1.59. The third kappa shape index (κ3) is 5.26. The van der Waals surface area contributed by atoms with E-state index < -0.39 is 10.0 Å². The first kappa shape index (κ1) is 17.8. The molecule has 0 aliphatic rings. The molecule has 1 aromatic carbocycles. The van der Waals surface area contributed by atoms with Crippen molar-refractivity contribution in [1.82, 2.24) is 4.90 Å². The molecule has 0 amide bonds. The van der Waals surface area contributed by atoms with E-state index in [1.54, 1.807) is 43.9 Å². The summed E-state index contributed by atoms with van der Waals surface area (Å²) in [7, 11) is 1.48. The van der Waals surface area contributed by atoms with E-state index in [0.717, 1.165) is 21.3 Å². The number of hydrogen-bond donors (Lipinski definition) is 0. The molecule has 5 nitrogen and oxygen atoms in total. The van der Waals surface area contributed by atoms with Crippen LogP contribution in [0, 0.1) is 0 Å². The van der Waals surface area contributed by atoms with Gasteiger partial charge in [0.1, 0.15) is 16.3 Å². The zero-order chi connectivity index (χ0) is 16.9. The minimum atomic E-state index is -3.61. The van der Waals surface area contributed by atoms with Crippen molar-refractivity contribution in [3.05, 3.63) is 42.0 Å². The van der Waals surface area contributed by atoms with Crippen LogP contribution in [0.3, 0.4) is 0 Å². The van der Waals surface area contributed by atoms with Gasteiger partial charge in [0.2, 0.25) is 0 Å². The number of methoxy groups -OCH3 is 1. The quantitative estimate of drug-likeness (QED) is 0.425. The molecule has 1 aromatic heterocycles. The lowest BCUT2D eigenvalue weighted by Crippen LogP contribution is -2.09. The summed E-state index contributed by atoms with van der Waals surface area (Å²) >= 11 is 2.84. The number of sulfonamides is 1. The predicted octanol–water partition coefficient (Wildman–Crippen LogP) is 3.33. The van der Waals surface area contributed by atoms with Crippen LogP contribution in [0.2, 0.25) is 0 Å². The second-order valence-electron chi connectivity index (χ2n) is 4.87. The molecule has 1 heterocycles. The van der Waals surface area contributed by atoms with E-state index in [4.69, 9.17) is 4.74 Å². The Kier molecular flexibility index (Phi) is 6.09. The van der Waals surface area contributed by atoms with Gasteiger partial charge in [0.15, 0.2) is 0 Å². The molecule has 2 aromatic rings. The smallest absolute Gasteiger partial charge is 0.293 e. The van der Waals surface area contributed by atoms with Crippen LogP contribution in [0.5, 0.6) is 5.75 Å². The fraction of sp³-hybridized carbons (Fsp3) is 0.267. The largest absolute Gasteiger partial charge is 0.497 e. The van der Waals surface area contributed by atoms with Gasteiger partial charge in [-0.05, 0) is 29.8 Å². The van der Waals surface area contributed by atoms with E-state index in [-0.39, 0.29) is 4.21 Å². The van der Waals surface area contributed by atoms with Gasteiger partial charge in [-0.2, -0.15) is 8.42 Å². The van der Waals surface area contributed by atoms with Crippen LogP contribution in [-0.4, -0.2) is 40.9 Å². The first-order chi connectivity index (χ1) is 10.9. The van der Waals surface area contributed by atoms with Crippen molar-refractivity contribution >= 4 is 39.5 Å². The van der Waals surface area contributed by atoms with E-state index >= 15 is 0 Å². The van der Waals surface area contributed by atoms with Crippen LogP contribution >= 0.6 is 23.1 Å².